The van der Waals surface area contributed by atoms with Crippen LogP contribution in [-0.4, -0.2) is 28.0 Å². The van der Waals surface area contributed by atoms with Gasteiger partial charge in [0, 0.05) is 30.4 Å². The highest BCUT2D eigenvalue weighted by Crippen LogP contribution is 2.31. The first-order chi connectivity index (χ1) is 13.0. The van der Waals surface area contributed by atoms with E-state index >= 15 is 0 Å². The van der Waals surface area contributed by atoms with Crippen LogP contribution in [-0.2, 0) is 0 Å². The van der Waals surface area contributed by atoms with E-state index in [9.17, 15) is 0 Å². The van der Waals surface area contributed by atoms with Crippen molar-refractivity contribution in [2.24, 2.45) is 11.8 Å². The van der Waals surface area contributed by atoms with Gasteiger partial charge in [-0.2, -0.15) is 0 Å². The van der Waals surface area contributed by atoms with Crippen molar-refractivity contribution in [3.8, 4) is 0 Å². The van der Waals surface area contributed by atoms with Crippen LogP contribution in [0.15, 0.2) is 42.9 Å². The zero-order chi connectivity index (χ0) is 19.4. The van der Waals surface area contributed by atoms with Gasteiger partial charge in [-0.1, -0.05) is 33.8 Å². The molecule has 0 atom stereocenters. The van der Waals surface area contributed by atoms with Crippen LogP contribution in [0, 0.1) is 11.8 Å². The average molecular weight is 364 g/mol. The summed E-state index contributed by atoms with van der Waals surface area (Å²) in [4.78, 5) is 15.5. The molecular weight excluding hydrogens is 336 g/mol. The summed E-state index contributed by atoms with van der Waals surface area (Å²) in [5.74, 6) is 2.43. The molecule has 0 saturated carbocycles. The number of nitrogens with one attached hydrogen (secondary N) is 1. The quantitative estimate of drug-likeness (QED) is 0.644. The van der Waals surface area contributed by atoms with Gasteiger partial charge in [-0.3, -0.25) is 4.98 Å². The Labute approximate surface area is 160 Å². The molecule has 0 aliphatic heterocycles. The van der Waals surface area contributed by atoms with Gasteiger partial charge in [-0.15, -0.1) is 0 Å². The van der Waals surface area contributed by atoms with Crippen molar-refractivity contribution in [1.82, 2.24) is 15.0 Å². The number of anilines is 4. The summed E-state index contributed by atoms with van der Waals surface area (Å²) >= 11 is 0. The predicted molar refractivity (Wildman–Crippen MR) is 113 cm³/mol. The Morgan fingerprint density at radius 1 is 0.963 bits per heavy atom. The number of benzene rings is 1. The van der Waals surface area contributed by atoms with Crippen LogP contribution in [0.1, 0.15) is 27.7 Å². The van der Waals surface area contributed by atoms with Crippen molar-refractivity contribution in [3.05, 3.63) is 42.9 Å². The number of fused-ring (bicyclic) bond motifs is 1. The van der Waals surface area contributed by atoms with E-state index in [4.69, 9.17) is 5.73 Å². The van der Waals surface area contributed by atoms with Crippen LogP contribution in [0.25, 0.3) is 10.9 Å². The SMILES string of the molecule is CC(C)CN(CC(C)C)c1ncnc(Nc2cccc3ncccc23)c1N. The minimum Gasteiger partial charge on any atom is -0.393 e. The number of nitrogens with two attached hydrogens (primary N) is 1. The second kappa shape index (κ2) is 8.20. The Hall–Kier alpha value is -2.89. The van der Waals surface area contributed by atoms with Gasteiger partial charge in [-0.25, -0.2) is 9.97 Å². The summed E-state index contributed by atoms with van der Waals surface area (Å²) in [5.41, 5.74) is 8.91. The van der Waals surface area contributed by atoms with Gasteiger partial charge < -0.3 is 16.0 Å². The van der Waals surface area contributed by atoms with Gasteiger partial charge >= 0.3 is 0 Å². The van der Waals surface area contributed by atoms with Crippen molar-refractivity contribution in [3.63, 3.8) is 0 Å². The zero-order valence-corrected chi connectivity index (χ0v) is 16.5. The van der Waals surface area contributed by atoms with Crippen molar-refractivity contribution in [1.29, 1.82) is 0 Å². The first-order valence-electron chi connectivity index (χ1n) is 9.42. The summed E-state index contributed by atoms with van der Waals surface area (Å²) in [6.45, 7) is 10.6. The summed E-state index contributed by atoms with van der Waals surface area (Å²) in [6, 6.07) is 9.93. The number of hydrogen-bond acceptors (Lipinski definition) is 6. The molecule has 0 unspecified atom stereocenters. The topological polar surface area (TPSA) is 80.0 Å². The lowest BCUT2D eigenvalue weighted by Crippen LogP contribution is -2.32. The molecule has 3 rings (SSSR count). The first kappa shape index (κ1) is 18.9. The predicted octanol–water partition coefficient (Wildman–Crippen LogP) is 4.47. The van der Waals surface area contributed by atoms with E-state index in [1.807, 2.05) is 30.3 Å². The number of pyridine rings is 1. The van der Waals surface area contributed by atoms with Gasteiger partial charge in [0.1, 0.15) is 12.0 Å². The highest BCUT2D eigenvalue weighted by Gasteiger charge is 2.18. The van der Waals surface area contributed by atoms with Crippen LogP contribution >= 0.6 is 0 Å². The molecule has 0 saturated heterocycles. The fourth-order valence-corrected chi connectivity index (χ4v) is 3.21. The molecule has 0 aliphatic carbocycles. The van der Waals surface area contributed by atoms with E-state index in [1.54, 1.807) is 12.5 Å². The zero-order valence-electron chi connectivity index (χ0n) is 16.5. The second-order valence-electron chi connectivity index (χ2n) is 7.65. The Morgan fingerprint density at radius 3 is 2.41 bits per heavy atom. The number of hydrogen-bond donors (Lipinski definition) is 2. The van der Waals surface area contributed by atoms with Crippen LogP contribution in [0.5, 0.6) is 0 Å². The van der Waals surface area contributed by atoms with E-state index in [1.165, 1.54) is 0 Å². The largest absolute Gasteiger partial charge is 0.393 e. The minimum atomic E-state index is 0.513. The highest BCUT2D eigenvalue weighted by atomic mass is 15.2. The molecule has 0 amide bonds. The molecule has 6 heteroatoms. The smallest absolute Gasteiger partial charge is 0.159 e. The molecule has 2 heterocycles. The van der Waals surface area contributed by atoms with Crippen LogP contribution in [0.4, 0.5) is 23.0 Å². The van der Waals surface area contributed by atoms with E-state index in [-0.39, 0.29) is 0 Å². The summed E-state index contributed by atoms with van der Waals surface area (Å²) in [7, 11) is 0. The average Bonchev–Trinajstić information content (AvgIpc) is 2.62. The van der Waals surface area contributed by atoms with Crippen LogP contribution < -0.4 is 16.0 Å². The first-order valence-corrected chi connectivity index (χ1v) is 9.42. The number of aromatic nitrogens is 3. The lowest BCUT2D eigenvalue weighted by Gasteiger charge is -2.28. The molecule has 142 valence electrons. The molecule has 0 radical (unpaired) electrons. The van der Waals surface area contributed by atoms with Gasteiger partial charge in [0.05, 0.1) is 5.52 Å². The Bertz CT molecular complexity index is 891. The fourth-order valence-electron chi connectivity index (χ4n) is 3.21. The summed E-state index contributed by atoms with van der Waals surface area (Å²) in [5, 5.41) is 4.40. The molecule has 0 aliphatic rings. The van der Waals surface area contributed by atoms with E-state index in [0.717, 1.165) is 35.5 Å². The normalized spacial score (nSPS) is 11.3. The Morgan fingerprint density at radius 2 is 1.70 bits per heavy atom. The molecular formula is C21H28N6. The van der Waals surface area contributed by atoms with Crippen molar-refractivity contribution in [2.75, 3.05) is 29.0 Å². The molecule has 0 bridgehead atoms. The summed E-state index contributed by atoms with van der Waals surface area (Å²) < 4.78 is 0. The molecule has 1 aromatic carbocycles. The Kier molecular flexibility index (Phi) is 5.74. The third-order valence-electron chi connectivity index (χ3n) is 4.23. The van der Waals surface area contributed by atoms with E-state index in [2.05, 4.69) is 52.9 Å². The maximum Gasteiger partial charge on any atom is 0.159 e. The molecule has 27 heavy (non-hydrogen) atoms. The molecule has 0 fully saturated rings. The number of rotatable bonds is 7. The van der Waals surface area contributed by atoms with Gasteiger partial charge in [0.2, 0.25) is 0 Å². The van der Waals surface area contributed by atoms with Crippen molar-refractivity contribution < 1.29 is 0 Å². The maximum absolute atomic E-state index is 6.48. The standard InChI is InChI=1S/C21H28N6/c1-14(2)11-27(12-15(3)4)21-19(22)20(24-13-25-21)26-18-9-5-8-17-16(18)7-6-10-23-17/h5-10,13-15H,11-12,22H2,1-4H3,(H,24,25,26). The monoisotopic (exact) mass is 364 g/mol. The lowest BCUT2D eigenvalue weighted by atomic mass is 10.1. The van der Waals surface area contributed by atoms with Gasteiger partial charge in [-0.05, 0) is 36.1 Å². The van der Waals surface area contributed by atoms with Gasteiger partial charge in [0.25, 0.3) is 0 Å². The molecule has 0 spiro atoms. The maximum atomic E-state index is 6.48. The molecule has 2 aromatic heterocycles. The van der Waals surface area contributed by atoms with Crippen LogP contribution in [0.2, 0.25) is 0 Å². The van der Waals surface area contributed by atoms with Crippen molar-refractivity contribution in [2.45, 2.75) is 27.7 Å². The molecule has 6 nitrogen and oxygen atoms in total. The Balaban J connectivity index is 1.96. The van der Waals surface area contributed by atoms with Gasteiger partial charge in [0.15, 0.2) is 11.6 Å². The lowest BCUT2D eigenvalue weighted by molar-refractivity contribution is 0.549. The van der Waals surface area contributed by atoms with Crippen molar-refractivity contribution >= 4 is 33.9 Å². The van der Waals surface area contributed by atoms with E-state index < -0.39 is 0 Å². The van der Waals surface area contributed by atoms with E-state index in [0.29, 0.717) is 23.3 Å². The highest BCUT2D eigenvalue weighted by molar-refractivity contribution is 5.94. The number of nitrogen functional groups attached to an aromatic ring is 1. The molecule has 3 N–H and O–H groups in total. The third-order valence-corrected chi connectivity index (χ3v) is 4.23. The fraction of sp³-hybridized carbons (Fsp3) is 0.381. The summed E-state index contributed by atoms with van der Waals surface area (Å²) in [6.07, 6.45) is 3.37. The number of nitrogens with zero attached hydrogens (tertiary/aromatic N) is 4. The second-order valence-corrected chi connectivity index (χ2v) is 7.65. The molecule has 3 aromatic rings. The third kappa shape index (κ3) is 4.45. The van der Waals surface area contributed by atoms with Crippen LogP contribution in [0.3, 0.4) is 0 Å². The minimum absolute atomic E-state index is 0.513.